The van der Waals surface area contributed by atoms with Gasteiger partial charge in [0.25, 0.3) is 0 Å². The van der Waals surface area contributed by atoms with E-state index in [-0.39, 0.29) is 11.2 Å². The first-order valence-corrected chi connectivity index (χ1v) is 7.96. The number of hydrazine groups is 1. The second kappa shape index (κ2) is 6.66. The Morgan fingerprint density at radius 1 is 0.952 bits per heavy atom. The predicted octanol–water partition coefficient (Wildman–Crippen LogP) is 3.35. The Morgan fingerprint density at radius 3 is 2.14 bits per heavy atom. The largest absolute Gasteiger partial charge is 0.284 e. The summed E-state index contributed by atoms with van der Waals surface area (Å²) in [7, 11) is 0. The van der Waals surface area contributed by atoms with Crippen LogP contribution in [0.3, 0.4) is 0 Å². The number of rotatable bonds is 4. The lowest BCUT2D eigenvalue weighted by Gasteiger charge is -2.24. The van der Waals surface area contributed by atoms with E-state index in [1.165, 1.54) is 11.9 Å². The van der Waals surface area contributed by atoms with Gasteiger partial charge < -0.3 is 0 Å². The number of nitrogens with zero attached hydrogens (tertiary/aromatic N) is 2. The van der Waals surface area contributed by atoms with Crippen molar-refractivity contribution in [3.8, 4) is 0 Å². The molecule has 1 heterocycles. The summed E-state index contributed by atoms with van der Waals surface area (Å²) in [6.07, 6.45) is 0.682. The van der Waals surface area contributed by atoms with Crippen LogP contribution < -0.4 is 0 Å². The number of carbonyl (C=O) groups excluding carboxylic acids is 1. The molecular formula is C16H16N2OS2. The summed E-state index contributed by atoms with van der Waals surface area (Å²) in [4.78, 5) is 12.2. The molecule has 0 aromatic heterocycles. The van der Waals surface area contributed by atoms with Gasteiger partial charge in [-0.15, -0.1) is 0 Å². The van der Waals surface area contributed by atoms with Gasteiger partial charge in [0, 0.05) is 11.9 Å². The number of benzene rings is 2. The van der Waals surface area contributed by atoms with Crippen LogP contribution in [0.15, 0.2) is 60.7 Å². The quantitative estimate of drug-likeness (QED) is 0.690. The molecule has 5 heteroatoms. The average Bonchev–Trinajstić information content (AvgIpc) is 2.77. The van der Waals surface area contributed by atoms with Crippen molar-refractivity contribution in [2.45, 2.75) is 19.0 Å². The third-order valence-electron chi connectivity index (χ3n) is 3.41. The van der Waals surface area contributed by atoms with E-state index in [4.69, 9.17) is 0 Å². The molecule has 1 aliphatic rings. The minimum Gasteiger partial charge on any atom is -0.284 e. The monoisotopic (exact) mass is 316 g/mol. The Bertz CT molecular complexity index is 606. The van der Waals surface area contributed by atoms with Crippen LogP contribution >= 0.6 is 24.8 Å². The molecule has 21 heavy (non-hydrogen) atoms. The maximum Gasteiger partial charge on any atom is 0.225 e. The molecule has 0 radical (unpaired) electrons. The van der Waals surface area contributed by atoms with Crippen LogP contribution in [0.2, 0.25) is 0 Å². The Hall–Kier alpha value is -1.27. The highest BCUT2D eigenvalue weighted by atomic mass is 32.2. The van der Waals surface area contributed by atoms with E-state index in [0.717, 1.165) is 11.1 Å². The third-order valence-corrected chi connectivity index (χ3v) is 4.99. The summed E-state index contributed by atoms with van der Waals surface area (Å²) in [5, 5.41) is 0.143. The fraction of sp³-hybridized carbons (Fsp3) is 0.188. The Balaban J connectivity index is 1.69. The second-order valence-corrected chi connectivity index (χ2v) is 6.35. The SMILES string of the molecule is O=C1SN(Cc2ccccc2)N(S)[C@H]1Cc1ccccc1. The minimum absolute atomic E-state index is 0.143. The molecule has 3 rings (SSSR count). The van der Waals surface area contributed by atoms with Gasteiger partial charge in [0.1, 0.15) is 6.04 Å². The van der Waals surface area contributed by atoms with Crippen LogP contribution in [0.1, 0.15) is 11.1 Å². The average molecular weight is 316 g/mol. The number of hydrogen-bond acceptors (Lipinski definition) is 5. The lowest BCUT2D eigenvalue weighted by Crippen LogP contribution is -2.34. The van der Waals surface area contributed by atoms with Gasteiger partial charge in [-0.05, 0) is 17.5 Å². The van der Waals surface area contributed by atoms with Crippen molar-refractivity contribution in [2.75, 3.05) is 0 Å². The van der Waals surface area contributed by atoms with Gasteiger partial charge >= 0.3 is 0 Å². The molecule has 0 saturated carbocycles. The molecule has 1 fully saturated rings. The molecule has 0 aliphatic carbocycles. The van der Waals surface area contributed by atoms with Crippen LogP contribution in [-0.2, 0) is 17.8 Å². The van der Waals surface area contributed by atoms with Crippen LogP contribution in [0, 0.1) is 0 Å². The van der Waals surface area contributed by atoms with Crippen molar-refractivity contribution < 1.29 is 4.79 Å². The van der Waals surface area contributed by atoms with Gasteiger partial charge in [-0.25, -0.2) is 0 Å². The molecule has 0 bridgehead atoms. The van der Waals surface area contributed by atoms with Crippen LogP contribution in [0.25, 0.3) is 0 Å². The van der Waals surface area contributed by atoms with Crippen molar-refractivity contribution >= 4 is 29.9 Å². The fourth-order valence-electron chi connectivity index (χ4n) is 2.30. The third kappa shape index (κ3) is 3.49. The standard InChI is InChI=1S/C16H16N2OS2/c19-16-15(11-13-7-3-1-4-8-13)18(20)17(21-16)12-14-9-5-2-6-10-14/h1-10,15,20H,11-12H2/t15-/m0/s1. The molecule has 1 aliphatic heterocycles. The molecule has 2 aromatic rings. The normalized spacial score (nSPS) is 20.0. The van der Waals surface area contributed by atoms with Crippen LogP contribution in [0.5, 0.6) is 0 Å². The molecule has 1 saturated heterocycles. The summed E-state index contributed by atoms with van der Waals surface area (Å²) in [6.45, 7) is 0.673. The van der Waals surface area contributed by atoms with E-state index >= 15 is 0 Å². The highest BCUT2D eigenvalue weighted by Crippen LogP contribution is 2.33. The maximum absolute atomic E-state index is 12.2. The lowest BCUT2D eigenvalue weighted by molar-refractivity contribution is -0.113. The lowest BCUT2D eigenvalue weighted by atomic mass is 10.1. The van der Waals surface area contributed by atoms with E-state index < -0.39 is 0 Å². The summed E-state index contributed by atoms with van der Waals surface area (Å²) in [5.74, 6) is 0. The van der Waals surface area contributed by atoms with Gasteiger partial charge in [0.05, 0.1) is 6.54 Å². The Morgan fingerprint density at radius 2 is 1.52 bits per heavy atom. The van der Waals surface area contributed by atoms with Crippen molar-refractivity contribution in [2.24, 2.45) is 0 Å². The first-order chi connectivity index (χ1) is 10.2. The predicted molar refractivity (Wildman–Crippen MR) is 89.3 cm³/mol. The van der Waals surface area contributed by atoms with E-state index in [1.54, 1.807) is 4.41 Å². The van der Waals surface area contributed by atoms with Crippen molar-refractivity contribution in [1.82, 2.24) is 8.83 Å². The number of carbonyl (C=O) groups is 1. The van der Waals surface area contributed by atoms with Gasteiger partial charge in [0.15, 0.2) is 0 Å². The van der Waals surface area contributed by atoms with E-state index in [1.807, 2.05) is 52.9 Å². The van der Waals surface area contributed by atoms with Gasteiger partial charge in [-0.2, -0.15) is 8.83 Å². The van der Waals surface area contributed by atoms with E-state index in [9.17, 15) is 4.79 Å². The zero-order valence-electron chi connectivity index (χ0n) is 11.4. The molecule has 108 valence electrons. The molecule has 2 aromatic carbocycles. The van der Waals surface area contributed by atoms with Crippen LogP contribution in [-0.4, -0.2) is 20.0 Å². The highest BCUT2D eigenvalue weighted by Gasteiger charge is 2.38. The fourth-order valence-corrected chi connectivity index (χ4v) is 3.66. The molecule has 1 atom stereocenters. The summed E-state index contributed by atoms with van der Waals surface area (Å²) < 4.78 is 3.67. The molecule has 0 unspecified atom stereocenters. The Labute approximate surface area is 134 Å². The molecule has 0 spiro atoms. The minimum atomic E-state index is -0.218. The van der Waals surface area contributed by atoms with E-state index in [2.05, 4.69) is 24.9 Å². The van der Waals surface area contributed by atoms with Gasteiger partial charge in [-0.1, -0.05) is 73.5 Å². The zero-order valence-corrected chi connectivity index (χ0v) is 13.1. The van der Waals surface area contributed by atoms with Gasteiger partial charge in [-0.3, -0.25) is 4.79 Å². The second-order valence-electron chi connectivity index (χ2n) is 4.93. The number of hydrogen-bond donors (Lipinski definition) is 1. The molecular weight excluding hydrogens is 300 g/mol. The van der Waals surface area contributed by atoms with Crippen molar-refractivity contribution in [1.29, 1.82) is 0 Å². The van der Waals surface area contributed by atoms with Crippen molar-refractivity contribution in [3.05, 3.63) is 71.8 Å². The number of thiol groups is 1. The van der Waals surface area contributed by atoms with Crippen molar-refractivity contribution in [3.63, 3.8) is 0 Å². The maximum atomic E-state index is 12.2. The highest BCUT2D eigenvalue weighted by molar-refractivity contribution is 8.12. The Kier molecular flexibility index (Phi) is 4.65. The summed E-state index contributed by atoms with van der Waals surface area (Å²) in [6, 6.07) is 19.9. The van der Waals surface area contributed by atoms with E-state index in [0.29, 0.717) is 13.0 Å². The van der Waals surface area contributed by atoms with Crippen LogP contribution in [0.4, 0.5) is 0 Å². The zero-order chi connectivity index (χ0) is 14.7. The van der Waals surface area contributed by atoms with Gasteiger partial charge in [0.2, 0.25) is 5.12 Å². The smallest absolute Gasteiger partial charge is 0.225 e. The molecule has 0 N–H and O–H groups in total. The summed E-state index contributed by atoms with van der Waals surface area (Å²) in [5.41, 5.74) is 2.31. The summed E-state index contributed by atoms with van der Waals surface area (Å²) >= 11 is 5.76. The molecule has 3 nitrogen and oxygen atoms in total. The first kappa shape index (κ1) is 14.7. The topological polar surface area (TPSA) is 23.6 Å². The molecule has 0 amide bonds. The first-order valence-electron chi connectivity index (χ1n) is 6.79.